The molecule has 1 aliphatic heterocycles. The van der Waals surface area contributed by atoms with Crippen molar-refractivity contribution in [2.45, 2.75) is 18.9 Å². The second-order valence-electron chi connectivity index (χ2n) is 4.81. The molecule has 3 rings (SSSR count). The summed E-state index contributed by atoms with van der Waals surface area (Å²) in [7, 11) is 0. The molecule has 1 aromatic carbocycles. The Balaban J connectivity index is 1.66. The van der Waals surface area contributed by atoms with Gasteiger partial charge < -0.3 is 10.6 Å². The van der Waals surface area contributed by atoms with Crippen LogP contribution in [0.5, 0.6) is 0 Å². The van der Waals surface area contributed by atoms with Crippen LogP contribution in [-0.4, -0.2) is 45.2 Å². The number of carbonyl (C=O) groups is 1. The molecule has 1 atom stereocenters. The number of tetrazole rings is 1. The maximum atomic E-state index is 12.1. The fraction of sp³-hybridized carbons (Fsp3) is 0.385. The van der Waals surface area contributed by atoms with Gasteiger partial charge in [0, 0.05) is 18.2 Å². The number of amides is 1. The Kier molecular flexibility index (Phi) is 3.69. The molecule has 1 aliphatic rings. The van der Waals surface area contributed by atoms with E-state index in [2.05, 4.69) is 26.2 Å². The molecule has 104 valence electrons. The molecule has 1 aromatic heterocycles. The molecule has 2 N–H and O–H groups in total. The summed E-state index contributed by atoms with van der Waals surface area (Å²) in [5, 5.41) is 17.3. The van der Waals surface area contributed by atoms with Crippen molar-refractivity contribution < 1.29 is 4.79 Å². The molecule has 1 saturated heterocycles. The fourth-order valence-corrected chi connectivity index (χ4v) is 2.32. The lowest BCUT2D eigenvalue weighted by Crippen LogP contribution is -2.37. The number of carbonyl (C=O) groups excluding carboxylic acids is 1. The number of nitrogens with zero attached hydrogens (tertiary/aromatic N) is 4. The van der Waals surface area contributed by atoms with E-state index in [9.17, 15) is 4.79 Å². The van der Waals surface area contributed by atoms with Gasteiger partial charge in [0.15, 0.2) is 0 Å². The SMILES string of the molecule is O=C(NCC1CCCN1)c1cccc(-n2cnnn2)c1. The predicted octanol–water partition coefficient (Wildman–Crippen LogP) is 0.144. The zero-order chi connectivity index (χ0) is 13.8. The molecule has 0 spiro atoms. The van der Waals surface area contributed by atoms with E-state index in [0.29, 0.717) is 18.2 Å². The lowest BCUT2D eigenvalue weighted by Gasteiger charge is -2.11. The Bertz CT molecular complexity index is 576. The van der Waals surface area contributed by atoms with Crippen molar-refractivity contribution in [2.24, 2.45) is 0 Å². The summed E-state index contributed by atoms with van der Waals surface area (Å²) >= 11 is 0. The van der Waals surface area contributed by atoms with Crippen molar-refractivity contribution >= 4 is 5.91 Å². The topological polar surface area (TPSA) is 84.7 Å². The summed E-state index contributed by atoms with van der Waals surface area (Å²) in [6, 6.07) is 7.62. The summed E-state index contributed by atoms with van der Waals surface area (Å²) in [6.07, 6.45) is 3.79. The number of rotatable bonds is 4. The van der Waals surface area contributed by atoms with Crippen LogP contribution in [0.1, 0.15) is 23.2 Å². The molecular weight excluding hydrogens is 256 g/mol. The van der Waals surface area contributed by atoms with Gasteiger partial charge >= 0.3 is 0 Å². The number of hydrogen-bond acceptors (Lipinski definition) is 5. The fourth-order valence-electron chi connectivity index (χ4n) is 2.32. The van der Waals surface area contributed by atoms with E-state index in [1.165, 1.54) is 17.4 Å². The Hall–Kier alpha value is -2.28. The zero-order valence-corrected chi connectivity index (χ0v) is 11.0. The van der Waals surface area contributed by atoms with Crippen LogP contribution >= 0.6 is 0 Å². The second kappa shape index (κ2) is 5.79. The van der Waals surface area contributed by atoms with Crippen LogP contribution in [0.3, 0.4) is 0 Å². The summed E-state index contributed by atoms with van der Waals surface area (Å²) in [5.74, 6) is -0.0753. The van der Waals surface area contributed by atoms with Gasteiger partial charge in [-0.05, 0) is 48.0 Å². The highest BCUT2D eigenvalue weighted by atomic mass is 16.1. The number of hydrogen-bond donors (Lipinski definition) is 2. The van der Waals surface area contributed by atoms with E-state index in [0.717, 1.165) is 18.7 Å². The second-order valence-corrected chi connectivity index (χ2v) is 4.81. The third-order valence-electron chi connectivity index (χ3n) is 3.39. The van der Waals surface area contributed by atoms with Gasteiger partial charge in [0.25, 0.3) is 5.91 Å². The quantitative estimate of drug-likeness (QED) is 0.827. The van der Waals surface area contributed by atoms with Crippen molar-refractivity contribution in [1.29, 1.82) is 0 Å². The smallest absolute Gasteiger partial charge is 0.251 e. The molecule has 2 heterocycles. The minimum Gasteiger partial charge on any atom is -0.350 e. The largest absolute Gasteiger partial charge is 0.350 e. The van der Waals surface area contributed by atoms with E-state index in [1.807, 2.05) is 12.1 Å². The Morgan fingerprint density at radius 2 is 2.45 bits per heavy atom. The van der Waals surface area contributed by atoms with Gasteiger partial charge in [0.05, 0.1) is 5.69 Å². The van der Waals surface area contributed by atoms with Crippen LogP contribution in [0, 0.1) is 0 Å². The molecule has 0 saturated carbocycles. The van der Waals surface area contributed by atoms with Crippen LogP contribution in [0.25, 0.3) is 5.69 Å². The highest BCUT2D eigenvalue weighted by molar-refractivity contribution is 5.94. The average Bonchev–Trinajstić information content (AvgIpc) is 3.18. The minimum atomic E-state index is -0.0753. The molecule has 1 fully saturated rings. The van der Waals surface area contributed by atoms with Gasteiger partial charge in [-0.2, -0.15) is 0 Å². The molecule has 7 heteroatoms. The zero-order valence-electron chi connectivity index (χ0n) is 11.0. The van der Waals surface area contributed by atoms with Crippen molar-refractivity contribution in [1.82, 2.24) is 30.8 Å². The van der Waals surface area contributed by atoms with Crippen molar-refractivity contribution in [3.05, 3.63) is 36.2 Å². The van der Waals surface area contributed by atoms with Crippen molar-refractivity contribution in [3.8, 4) is 5.69 Å². The Labute approximate surface area is 116 Å². The molecule has 1 amide bonds. The van der Waals surface area contributed by atoms with Gasteiger partial charge in [0.1, 0.15) is 6.33 Å². The van der Waals surface area contributed by atoms with Crippen LogP contribution in [-0.2, 0) is 0 Å². The minimum absolute atomic E-state index is 0.0753. The molecule has 7 nitrogen and oxygen atoms in total. The highest BCUT2D eigenvalue weighted by Gasteiger charge is 2.15. The molecule has 2 aromatic rings. The Morgan fingerprint density at radius 3 is 3.20 bits per heavy atom. The van der Waals surface area contributed by atoms with Crippen molar-refractivity contribution in [3.63, 3.8) is 0 Å². The standard InChI is InChI=1S/C13H16N6O/c20-13(15-8-11-4-2-6-14-11)10-3-1-5-12(7-10)19-9-16-17-18-19/h1,3,5,7,9,11,14H,2,4,6,8H2,(H,15,20). The first-order valence-corrected chi connectivity index (χ1v) is 6.68. The van der Waals surface area contributed by atoms with Gasteiger partial charge in [-0.3, -0.25) is 4.79 Å². The Morgan fingerprint density at radius 1 is 1.50 bits per heavy atom. The van der Waals surface area contributed by atoms with Crippen LogP contribution in [0.15, 0.2) is 30.6 Å². The molecule has 1 unspecified atom stereocenters. The first kappa shape index (κ1) is 12.7. The monoisotopic (exact) mass is 272 g/mol. The molecule has 0 aliphatic carbocycles. The highest BCUT2D eigenvalue weighted by Crippen LogP contribution is 2.09. The van der Waals surface area contributed by atoms with Gasteiger partial charge in [-0.15, -0.1) is 5.10 Å². The van der Waals surface area contributed by atoms with Crippen LogP contribution < -0.4 is 10.6 Å². The van der Waals surface area contributed by atoms with Gasteiger partial charge in [-0.25, -0.2) is 4.68 Å². The van der Waals surface area contributed by atoms with Gasteiger partial charge in [0.2, 0.25) is 0 Å². The summed E-state index contributed by atoms with van der Waals surface area (Å²) < 4.78 is 1.52. The van der Waals surface area contributed by atoms with E-state index < -0.39 is 0 Å². The third-order valence-corrected chi connectivity index (χ3v) is 3.39. The average molecular weight is 272 g/mol. The van der Waals surface area contributed by atoms with Crippen molar-refractivity contribution in [2.75, 3.05) is 13.1 Å². The number of benzene rings is 1. The lowest BCUT2D eigenvalue weighted by atomic mass is 10.1. The number of aromatic nitrogens is 4. The summed E-state index contributed by atoms with van der Waals surface area (Å²) in [5.41, 5.74) is 1.37. The molecule has 20 heavy (non-hydrogen) atoms. The number of nitrogens with one attached hydrogen (secondary N) is 2. The first-order valence-electron chi connectivity index (χ1n) is 6.68. The van der Waals surface area contributed by atoms with Crippen LogP contribution in [0.2, 0.25) is 0 Å². The summed E-state index contributed by atoms with van der Waals surface area (Å²) in [6.45, 7) is 1.70. The van der Waals surface area contributed by atoms with E-state index in [-0.39, 0.29) is 5.91 Å². The van der Waals surface area contributed by atoms with Crippen LogP contribution in [0.4, 0.5) is 0 Å². The lowest BCUT2D eigenvalue weighted by molar-refractivity contribution is 0.0950. The maximum Gasteiger partial charge on any atom is 0.251 e. The normalized spacial score (nSPS) is 18.1. The molecular formula is C13H16N6O. The van der Waals surface area contributed by atoms with E-state index in [4.69, 9.17) is 0 Å². The third kappa shape index (κ3) is 2.83. The molecule has 0 radical (unpaired) electrons. The molecule has 0 bridgehead atoms. The summed E-state index contributed by atoms with van der Waals surface area (Å²) in [4.78, 5) is 12.1. The van der Waals surface area contributed by atoms with Gasteiger partial charge in [-0.1, -0.05) is 6.07 Å². The maximum absolute atomic E-state index is 12.1. The van der Waals surface area contributed by atoms with E-state index in [1.54, 1.807) is 12.1 Å². The predicted molar refractivity (Wildman–Crippen MR) is 72.5 cm³/mol. The first-order chi connectivity index (χ1) is 9.83. The van der Waals surface area contributed by atoms with E-state index >= 15 is 0 Å².